The van der Waals surface area contributed by atoms with E-state index in [-0.39, 0.29) is 16.6 Å². The molecule has 0 unspecified atom stereocenters. The number of amides is 2. The molecule has 134 valence electrons. The van der Waals surface area contributed by atoms with Crippen molar-refractivity contribution in [1.82, 2.24) is 14.8 Å². The Morgan fingerprint density at radius 3 is 2.62 bits per heavy atom. The highest BCUT2D eigenvalue weighted by atomic mass is 127. The number of aryl methyl sites for hydroxylation is 1. The van der Waals surface area contributed by atoms with Gasteiger partial charge in [0.2, 0.25) is 0 Å². The van der Waals surface area contributed by atoms with Crippen molar-refractivity contribution in [1.29, 1.82) is 0 Å². The second-order valence-electron chi connectivity index (χ2n) is 6.01. The van der Waals surface area contributed by atoms with E-state index in [1.807, 2.05) is 45.0 Å². The molecule has 1 aliphatic rings. The number of rotatable bonds is 3. The van der Waals surface area contributed by atoms with E-state index in [0.29, 0.717) is 6.54 Å². The maximum Gasteiger partial charge on any atom is 0.265 e. The first-order chi connectivity index (χ1) is 12.3. The Morgan fingerprint density at radius 1 is 1.23 bits per heavy atom. The van der Waals surface area contributed by atoms with Crippen LogP contribution in [0.1, 0.15) is 23.9 Å². The number of halogens is 1. The number of hydrogen-bond acceptors (Lipinski definition) is 3. The minimum atomic E-state index is -0.455. The molecule has 0 aliphatic carbocycles. The number of nitrogens with zero attached hydrogens (tertiary/aromatic N) is 2. The van der Waals surface area contributed by atoms with Crippen molar-refractivity contribution in [2.75, 3.05) is 6.54 Å². The zero-order valence-electron chi connectivity index (χ0n) is 14.7. The lowest BCUT2D eigenvalue weighted by molar-refractivity contribution is -0.128. The summed E-state index contributed by atoms with van der Waals surface area (Å²) in [6.45, 7) is 6.22. The molecule has 0 spiro atoms. The van der Waals surface area contributed by atoms with Crippen molar-refractivity contribution >= 4 is 57.8 Å². The van der Waals surface area contributed by atoms with Crippen LogP contribution in [0.4, 0.5) is 0 Å². The molecule has 1 aromatic carbocycles. The molecule has 2 aromatic rings. The fourth-order valence-corrected chi connectivity index (χ4v) is 3.91. The summed E-state index contributed by atoms with van der Waals surface area (Å²) in [4.78, 5) is 26.3. The second-order valence-corrected chi connectivity index (χ2v) is 7.64. The van der Waals surface area contributed by atoms with E-state index in [2.05, 4.69) is 38.5 Å². The molecule has 1 N–H and O–H groups in total. The molecule has 5 nitrogen and oxygen atoms in total. The van der Waals surface area contributed by atoms with Crippen LogP contribution >= 0.6 is 34.8 Å². The average molecular weight is 479 g/mol. The van der Waals surface area contributed by atoms with Crippen LogP contribution in [0.3, 0.4) is 0 Å². The van der Waals surface area contributed by atoms with Crippen LogP contribution in [0.2, 0.25) is 0 Å². The number of benzene rings is 1. The third-order valence-electron chi connectivity index (χ3n) is 4.34. The number of hydrogen-bond donors (Lipinski definition) is 1. The first kappa shape index (κ1) is 18.8. The third-order valence-corrected chi connectivity index (χ3v) is 5.33. The first-order valence-electron chi connectivity index (χ1n) is 8.17. The molecular formula is C19H18IN3O2S. The summed E-state index contributed by atoms with van der Waals surface area (Å²) >= 11 is 7.35. The second kappa shape index (κ2) is 7.32. The van der Waals surface area contributed by atoms with Gasteiger partial charge in [-0.3, -0.25) is 19.8 Å². The molecule has 0 bridgehead atoms. The normalized spacial score (nSPS) is 16.4. The molecule has 26 heavy (non-hydrogen) atoms. The highest BCUT2D eigenvalue weighted by Crippen LogP contribution is 2.25. The van der Waals surface area contributed by atoms with Gasteiger partial charge in [-0.15, -0.1) is 0 Å². The molecule has 0 saturated carbocycles. The third kappa shape index (κ3) is 3.33. The van der Waals surface area contributed by atoms with Crippen molar-refractivity contribution in [2.24, 2.45) is 0 Å². The first-order valence-corrected chi connectivity index (χ1v) is 9.66. The Kier molecular flexibility index (Phi) is 5.29. The Balaban J connectivity index is 2.07. The lowest BCUT2D eigenvalue weighted by Crippen LogP contribution is -2.53. The monoisotopic (exact) mass is 479 g/mol. The highest BCUT2D eigenvalue weighted by molar-refractivity contribution is 14.1. The smallest absolute Gasteiger partial charge is 0.265 e. The van der Waals surface area contributed by atoms with E-state index in [4.69, 9.17) is 12.2 Å². The summed E-state index contributed by atoms with van der Waals surface area (Å²) < 4.78 is 3.25. The molecule has 1 aromatic heterocycles. The Labute approximate surface area is 171 Å². The molecule has 0 radical (unpaired) electrons. The Morgan fingerprint density at radius 2 is 1.96 bits per heavy atom. The number of likely N-dealkylation sites (N-methyl/N-ethyl adjacent to an activating group) is 1. The standard InChI is InChI=1S/C19H18IN3O2S/c1-4-22-18(25)16(17(24)21-19(22)26)9-13-8-11(2)23(12(13)3)15-7-5-6-14(20)10-15/h5-10H,4H2,1-3H3,(H,21,24,26)/b16-9+. The Bertz CT molecular complexity index is 962. The maximum absolute atomic E-state index is 12.6. The largest absolute Gasteiger partial charge is 0.318 e. The van der Waals surface area contributed by atoms with E-state index < -0.39 is 5.91 Å². The van der Waals surface area contributed by atoms with Gasteiger partial charge in [-0.2, -0.15) is 0 Å². The van der Waals surface area contributed by atoms with Crippen molar-refractivity contribution in [3.8, 4) is 5.69 Å². The van der Waals surface area contributed by atoms with Gasteiger partial charge in [0.25, 0.3) is 11.8 Å². The van der Waals surface area contributed by atoms with E-state index >= 15 is 0 Å². The van der Waals surface area contributed by atoms with E-state index in [9.17, 15) is 9.59 Å². The number of carbonyl (C=O) groups excluding carboxylic acids is 2. The molecule has 2 amide bonds. The molecule has 2 heterocycles. The lowest BCUT2D eigenvalue weighted by Gasteiger charge is -2.27. The summed E-state index contributed by atoms with van der Waals surface area (Å²) in [5.74, 6) is -0.816. The number of nitrogens with one attached hydrogen (secondary N) is 1. The van der Waals surface area contributed by atoms with Crippen LogP contribution in [-0.4, -0.2) is 32.9 Å². The van der Waals surface area contributed by atoms with Crippen LogP contribution in [0.15, 0.2) is 35.9 Å². The minimum absolute atomic E-state index is 0.100. The maximum atomic E-state index is 12.6. The summed E-state index contributed by atoms with van der Waals surface area (Å²) in [6.07, 6.45) is 1.65. The van der Waals surface area contributed by atoms with Crippen molar-refractivity contribution < 1.29 is 9.59 Å². The predicted molar refractivity (Wildman–Crippen MR) is 114 cm³/mol. The van der Waals surface area contributed by atoms with Crippen LogP contribution in [0.25, 0.3) is 11.8 Å². The minimum Gasteiger partial charge on any atom is -0.318 e. The fourth-order valence-electron chi connectivity index (χ4n) is 3.08. The fraction of sp³-hybridized carbons (Fsp3) is 0.211. The van der Waals surface area contributed by atoms with Gasteiger partial charge in [0.05, 0.1) is 0 Å². The molecule has 1 aliphatic heterocycles. The molecule has 0 atom stereocenters. The van der Waals surface area contributed by atoms with Gasteiger partial charge < -0.3 is 4.57 Å². The van der Waals surface area contributed by atoms with Gasteiger partial charge in [0.15, 0.2) is 5.11 Å². The van der Waals surface area contributed by atoms with E-state index in [1.54, 1.807) is 6.08 Å². The van der Waals surface area contributed by atoms with E-state index in [0.717, 1.165) is 26.2 Å². The Hall–Kier alpha value is -2.00. The molecule has 7 heteroatoms. The topological polar surface area (TPSA) is 54.3 Å². The number of thiocarbonyl (C=S) groups is 1. The van der Waals surface area contributed by atoms with Gasteiger partial charge >= 0.3 is 0 Å². The number of aromatic nitrogens is 1. The highest BCUT2D eigenvalue weighted by Gasteiger charge is 2.32. The van der Waals surface area contributed by atoms with Crippen molar-refractivity contribution in [3.05, 3.63) is 56.4 Å². The zero-order chi connectivity index (χ0) is 19.0. The van der Waals surface area contributed by atoms with Crippen molar-refractivity contribution in [3.63, 3.8) is 0 Å². The van der Waals surface area contributed by atoms with Gasteiger partial charge in [-0.25, -0.2) is 0 Å². The molecule has 1 saturated heterocycles. The summed E-state index contributed by atoms with van der Waals surface area (Å²) in [6, 6.07) is 10.1. The van der Waals surface area contributed by atoms with Gasteiger partial charge in [-0.05, 0) is 91.5 Å². The van der Waals surface area contributed by atoms with Crippen molar-refractivity contribution in [2.45, 2.75) is 20.8 Å². The predicted octanol–water partition coefficient (Wildman–Crippen LogP) is 3.35. The summed E-state index contributed by atoms with van der Waals surface area (Å²) in [5.41, 5.74) is 3.98. The molecular weight excluding hydrogens is 461 g/mol. The van der Waals surface area contributed by atoms with Crippen LogP contribution in [-0.2, 0) is 9.59 Å². The average Bonchev–Trinajstić information content (AvgIpc) is 2.85. The van der Waals surface area contributed by atoms with Crippen LogP contribution < -0.4 is 5.32 Å². The SMILES string of the molecule is CCN1C(=O)/C(=C/c2cc(C)n(-c3cccc(I)c3)c2C)C(=O)NC1=S. The molecule has 3 rings (SSSR count). The van der Waals surface area contributed by atoms with Gasteiger partial charge in [-0.1, -0.05) is 6.07 Å². The van der Waals surface area contributed by atoms with Gasteiger partial charge in [0.1, 0.15) is 5.57 Å². The van der Waals surface area contributed by atoms with Crippen LogP contribution in [0.5, 0.6) is 0 Å². The van der Waals surface area contributed by atoms with Gasteiger partial charge in [0, 0.05) is 27.2 Å². The van der Waals surface area contributed by atoms with Crippen LogP contribution in [0, 0.1) is 17.4 Å². The zero-order valence-corrected chi connectivity index (χ0v) is 17.6. The van der Waals surface area contributed by atoms with E-state index in [1.165, 1.54) is 4.90 Å². The lowest BCUT2D eigenvalue weighted by atomic mass is 10.1. The molecule has 1 fully saturated rings. The summed E-state index contributed by atoms with van der Waals surface area (Å²) in [7, 11) is 0. The quantitative estimate of drug-likeness (QED) is 0.318. The number of carbonyl (C=O) groups is 2. The summed E-state index contributed by atoms with van der Waals surface area (Å²) in [5, 5.41) is 2.74.